The summed E-state index contributed by atoms with van der Waals surface area (Å²) in [5.74, 6) is 0. The summed E-state index contributed by atoms with van der Waals surface area (Å²) in [7, 11) is 0. The highest BCUT2D eigenvalue weighted by Gasteiger charge is 1.78. The van der Waals surface area contributed by atoms with Gasteiger partial charge in [-0.1, -0.05) is 0 Å². The van der Waals surface area contributed by atoms with Gasteiger partial charge in [0, 0.05) is 13.1 Å². The van der Waals surface area contributed by atoms with Crippen molar-refractivity contribution >= 4 is 0 Å². The molecule has 0 aliphatic rings. The topological polar surface area (TPSA) is 52.5 Å². The van der Waals surface area contributed by atoms with Gasteiger partial charge in [0.05, 0.1) is 13.2 Å². The van der Waals surface area contributed by atoms with Crippen LogP contribution in [0.15, 0.2) is 0 Å². The van der Waals surface area contributed by atoms with Crippen LogP contribution in [0.5, 0.6) is 0 Å². The molecule has 0 fully saturated rings. The molecular weight excluding hydrogens is 113 g/mol. The van der Waals surface area contributed by atoms with E-state index in [-0.39, 0.29) is 17.9 Å². The molecule has 0 rings (SSSR count). The minimum atomic E-state index is 0. The van der Waals surface area contributed by atoms with Gasteiger partial charge in [-0.15, -0.1) is 0 Å². The lowest BCUT2D eigenvalue weighted by molar-refractivity contribution is -0.00000372. The van der Waals surface area contributed by atoms with E-state index < -0.39 is 0 Å². The van der Waals surface area contributed by atoms with E-state index in [1.54, 1.807) is 0 Å². The number of aliphatic hydroxyl groups is 2. The average molecular weight is 124 g/mol. The Morgan fingerprint density at radius 3 is 1.62 bits per heavy atom. The van der Waals surface area contributed by atoms with Crippen molar-refractivity contribution in [3.05, 3.63) is 0 Å². The normalized spacial score (nSPS) is 8.25. The summed E-state index contributed by atoms with van der Waals surface area (Å²) < 4.78 is 0. The standard InChI is InChI=1S/C4H11NO2.FH/c6-3-1-5-2-4-7;/h5-7H,1-4H2;1H/p-1. The zero-order chi connectivity index (χ0) is 5.54. The fourth-order valence-corrected chi connectivity index (χ4v) is 0.283. The Balaban J connectivity index is 0. The number of hydrogen-bond acceptors (Lipinski definition) is 3. The summed E-state index contributed by atoms with van der Waals surface area (Å²) >= 11 is 0. The largest absolute Gasteiger partial charge is 1.00 e. The summed E-state index contributed by atoms with van der Waals surface area (Å²) in [6.45, 7) is 1.42. The summed E-state index contributed by atoms with van der Waals surface area (Å²) in [6, 6.07) is 0. The Morgan fingerprint density at radius 1 is 1.00 bits per heavy atom. The van der Waals surface area contributed by atoms with Crippen LogP contribution in [0.2, 0.25) is 0 Å². The molecule has 0 aliphatic carbocycles. The maximum atomic E-state index is 8.15. The molecule has 0 amide bonds. The summed E-state index contributed by atoms with van der Waals surface area (Å²) in [5, 5.41) is 19.1. The third kappa shape index (κ3) is 9.26. The molecule has 0 aromatic carbocycles. The van der Waals surface area contributed by atoms with Crippen LogP contribution in [0, 0.1) is 0 Å². The molecule has 0 bridgehead atoms. The Kier molecular flexibility index (Phi) is 13.3. The first kappa shape index (κ1) is 10.7. The number of aliphatic hydroxyl groups excluding tert-OH is 2. The van der Waals surface area contributed by atoms with Gasteiger partial charge in [0.25, 0.3) is 0 Å². The van der Waals surface area contributed by atoms with E-state index in [2.05, 4.69) is 5.32 Å². The maximum absolute atomic E-state index is 8.15. The molecule has 0 spiro atoms. The second kappa shape index (κ2) is 9.94. The quantitative estimate of drug-likeness (QED) is 0.331. The van der Waals surface area contributed by atoms with Crippen LogP contribution < -0.4 is 10.0 Å². The first-order valence-electron chi connectivity index (χ1n) is 2.34. The van der Waals surface area contributed by atoms with Crippen molar-refractivity contribution in [1.29, 1.82) is 0 Å². The third-order valence-corrected chi connectivity index (χ3v) is 0.577. The molecule has 52 valence electrons. The van der Waals surface area contributed by atoms with Crippen molar-refractivity contribution in [3.8, 4) is 0 Å². The monoisotopic (exact) mass is 124 g/mol. The highest BCUT2D eigenvalue weighted by molar-refractivity contribution is 4.39. The van der Waals surface area contributed by atoms with Crippen LogP contribution in [0.1, 0.15) is 0 Å². The van der Waals surface area contributed by atoms with Crippen molar-refractivity contribution in [2.24, 2.45) is 0 Å². The first-order chi connectivity index (χ1) is 3.41. The van der Waals surface area contributed by atoms with Crippen molar-refractivity contribution < 1.29 is 14.9 Å². The number of hydrogen-bond donors (Lipinski definition) is 3. The molecule has 0 saturated carbocycles. The second-order valence-electron chi connectivity index (χ2n) is 1.20. The molecule has 0 aromatic heterocycles. The van der Waals surface area contributed by atoms with Gasteiger partial charge >= 0.3 is 0 Å². The zero-order valence-electron chi connectivity index (χ0n) is 4.60. The third-order valence-electron chi connectivity index (χ3n) is 0.577. The van der Waals surface area contributed by atoms with Crippen molar-refractivity contribution in [2.45, 2.75) is 0 Å². The average Bonchev–Trinajstić information content (AvgIpc) is 1.69. The lowest BCUT2D eigenvalue weighted by Crippen LogP contribution is -3.00. The Hall–Kier alpha value is -0.190. The molecule has 0 unspecified atom stereocenters. The second-order valence-corrected chi connectivity index (χ2v) is 1.20. The molecule has 3 N–H and O–H groups in total. The van der Waals surface area contributed by atoms with Gasteiger partial charge in [-0.3, -0.25) is 0 Å². The molecule has 8 heavy (non-hydrogen) atoms. The van der Waals surface area contributed by atoms with Crippen LogP contribution in [0.4, 0.5) is 0 Å². The van der Waals surface area contributed by atoms with E-state index in [1.807, 2.05) is 0 Å². The van der Waals surface area contributed by atoms with E-state index >= 15 is 0 Å². The smallest absolute Gasteiger partial charge is 0.0555 e. The minimum Gasteiger partial charge on any atom is -1.00 e. The molecule has 0 saturated heterocycles. The van der Waals surface area contributed by atoms with Crippen LogP contribution in [0.3, 0.4) is 0 Å². The maximum Gasteiger partial charge on any atom is 0.0555 e. The molecule has 0 heterocycles. The van der Waals surface area contributed by atoms with Gasteiger partial charge in [0.1, 0.15) is 0 Å². The van der Waals surface area contributed by atoms with Crippen molar-refractivity contribution in [2.75, 3.05) is 26.3 Å². The summed E-state index contributed by atoms with van der Waals surface area (Å²) in [4.78, 5) is 0. The lowest BCUT2D eigenvalue weighted by atomic mass is 10.6. The summed E-state index contributed by atoms with van der Waals surface area (Å²) in [5.41, 5.74) is 0. The van der Waals surface area contributed by atoms with Gasteiger partial charge in [-0.2, -0.15) is 0 Å². The predicted octanol–water partition coefficient (Wildman–Crippen LogP) is -4.44. The minimum absolute atomic E-state index is 0. The molecule has 0 radical (unpaired) electrons. The number of nitrogens with one attached hydrogen (secondary N) is 1. The Labute approximate surface area is 47.7 Å². The van der Waals surface area contributed by atoms with E-state index in [0.29, 0.717) is 13.1 Å². The Bertz CT molecular complexity index is 33.2. The Morgan fingerprint density at radius 2 is 1.38 bits per heavy atom. The van der Waals surface area contributed by atoms with Gasteiger partial charge in [-0.05, 0) is 0 Å². The number of rotatable bonds is 4. The molecule has 0 atom stereocenters. The molecular formula is C4H11FNO2-. The van der Waals surface area contributed by atoms with E-state index in [9.17, 15) is 0 Å². The highest BCUT2D eigenvalue weighted by Crippen LogP contribution is 1.54. The fourth-order valence-electron chi connectivity index (χ4n) is 0.283. The van der Waals surface area contributed by atoms with Crippen LogP contribution >= 0.6 is 0 Å². The summed E-state index contributed by atoms with van der Waals surface area (Å²) in [6.07, 6.45) is 0. The fraction of sp³-hybridized carbons (Fsp3) is 1.00. The van der Waals surface area contributed by atoms with E-state index in [4.69, 9.17) is 10.2 Å². The molecule has 4 heteroatoms. The molecule has 0 aromatic rings. The molecule has 0 aliphatic heterocycles. The first-order valence-corrected chi connectivity index (χ1v) is 2.34. The highest BCUT2D eigenvalue weighted by atomic mass is 19.0. The van der Waals surface area contributed by atoms with Gasteiger partial charge in [-0.25, -0.2) is 0 Å². The predicted molar refractivity (Wildman–Crippen MR) is 27.0 cm³/mol. The van der Waals surface area contributed by atoms with Gasteiger partial charge in [0.2, 0.25) is 0 Å². The molecule has 3 nitrogen and oxygen atoms in total. The van der Waals surface area contributed by atoms with Crippen molar-refractivity contribution in [1.82, 2.24) is 5.32 Å². The SMILES string of the molecule is OCCNCCO.[F-]. The van der Waals surface area contributed by atoms with Crippen molar-refractivity contribution in [3.63, 3.8) is 0 Å². The van der Waals surface area contributed by atoms with Gasteiger partial charge < -0.3 is 20.2 Å². The van der Waals surface area contributed by atoms with E-state index in [0.717, 1.165) is 0 Å². The van der Waals surface area contributed by atoms with Gasteiger partial charge in [0.15, 0.2) is 0 Å². The van der Waals surface area contributed by atoms with Crippen LogP contribution in [-0.2, 0) is 0 Å². The van der Waals surface area contributed by atoms with Crippen LogP contribution in [-0.4, -0.2) is 36.5 Å². The number of halogens is 1. The van der Waals surface area contributed by atoms with E-state index in [1.165, 1.54) is 0 Å². The lowest BCUT2D eigenvalue weighted by Gasteiger charge is -1.94. The van der Waals surface area contributed by atoms with Crippen LogP contribution in [0.25, 0.3) is 0 Å². The zero-order valence-corrected chi connectivity index (χ0v) is 4.60.